The molecule has 3 nitrogen and oxygen atoms in total. The van der Waals surface area contributed by atoms with Crippen LogP contribution in [0.15, 0.2) is 18.5 Å². The Morgan fingerprint density at radius 1 is 1.47 bits per heavy atom. The summed E-state index contributed by atoms with van der Waals surface area (Å²) in [4.78, 5) is 14.9. The molecule has 0 saturated carbocycles. The number of carbonyl (C=O) groups excluding carboxylic acids is 1. The Morgan fingerprint density at radius 3 is 2.80 bits per heavy atom. The maximum atomic E-state index is 10.7. The third-order valence-electron chi connectivity index (χ3n) is 2.38. The molecule has 1 heterocycles. The molecule has 0 aliphatic rings. The molecule has 0 saturated heterocycles. The molecular formula is C11H11ClN2O. The van der Waals surface area contributed by atoms with Crippen molar-refractivity contribution in [3.05, 3.63) is 29.0 Å². The van der Waals surface area contributed by atoms with Gasteiger partial charge in [-0.05, 0) is 26.0 Å². The number of aldehydes is 1. The van der Waals surface area contributed by atoms with Gasteiger partial charge in [0.15, 0.2) is 6.29 Å². The zero-order chi connectivity index (χ0) is 11.0. The molecule has 0 aliphatic carbocycles. The van der Waals surface area contributed by atoms with Gasteiger partial charge in [0, 0.05) is 11.6 Å². The van der Waals surface area contributed by atoms with Crippen LogP contribution in [0.5, 0.6) is 0 Å². The molecule has 78 valence electrons. The first-order valence-corrected chi connectivity index (χ1v) is 5.12. The van der Waals surface area contributed by atoms with Gasteiger partial charge in [0.05, 0.1) is 22.4 Å². The normalized spacial score (nSPS) is 11.2. The number of halogens is 1. The molecule has 0 unspecified atom stereocenters. The lowest BCUT2D eigenvalue weighted by Gasteiger charge is -2.08. The van der Waals surface area contributed by atoms with Gasteiger partial charge in [-0.1, -0.05) is 11.6 Å². The number of benzene rings is 1. The van der Waals surface area contributed by atoms with Crippen molar-refractivity contribution >= 4 is 28.9 Å². The minimum atomic E-state index is 0.327. The molecule has 0 radical (unpaired) electrons. The predicted molar refractivity (Wildman–Crippen MR) is 60.5 cm³/mol. The van der Waals surface area contributed by atoms with Crippen molar-refractivity contribution in [2.45, 2.75) is 19.9 Å². The fourth-order valence-corrected chi connectivity index (χ4v) is 1.77. The van der Waals surface area contributed by atoms with Crippen LogP contribution >= 0.6 is 11.6 Å². The van der Waals surface area contributed by atoms with Gasteiger partial charge in [0.25, 0.3) is 0 Å². The van der Waals surface area contributed by atoms with Crippen molar-refractivity contribution in [3.63, 3.8) is 0 Å². The zero-order valence-corrected chi connectivity index (χ0v) is 9.32. The number of hydrogen-bond donors (Lipinski definition) is 0. The number of nitrogens with zero attached hydrogens (tertiary/aromatic N) is 2. The third-order valence-corrected chi connectivity index (χ3v) is 2.70. The number of imidazole rings is 1. The number of carbonyl (C=O) groups is 1. The Hall–Kier alpha value is -1.35. The Kier molecular flexibility index (Phi) is 2.49. The molecule has 0 amide bonds. The molecule has 4 heteroatoms. The average molecular weight is 223 g/mol. The molecule has 0 N–H and O–H groups in total. The van der Waals surface area contributed by atoms with Gasteiger partial charge < -0.3 is 4.57 Å². The Labute approximate surface area is 92.7 Å². The Bertz CT molecular complexity index is 517. The van der Waals surface area contributed by atoms with Crippen LogP contribution in [0.4, 0.5) is 0 Å². The summed E-state index contributed by atoms with van der Waals surface area (Å²) in [5, 5.41) is 0.472. The molecule has 2 rings (SSSR count). The topological polar surface area (TPSA) is 34.9 Å². The Balaban J connectivity index is 2.73. The first-order chi connectivity index (χ1) is 7.13. The second kappa shape index (κ2) is 3.66. The third kappa shape index (κ3) is 1.63. The molecule has 1 aromatic carbocycles. The highest BCUT2D eigenvalue weighted by Gasteiger charge is 2.09. The van der Waals surface area contributed by atoms with Crippen molar-refractivity contribution < 1.29 is 4.79 Å². The van der Waals surface area contributed by atoms with Crippen LogP contribution < -0.4 is 0 Å². The van der Waals surface area contributed by atoms with E-state index < -0.39 is 0 Å². The second-order valence-corrected chi connectivity index (χ2v) is 4.13. The van der Waals surface area contributed by atoms with Gasteiger partial charge in [-0.3, -0.25) is 4.79 Å². The van der Waals surface area contributed by atoms with Crippen LogP contribution in [0, 0.1) is 0 Å². The first-order valence-electron chi connectivity index (χ1n) is 4.74. The van der Waals surface area contributed by atoms with Gasteiger partial charge in [-0.25, -0.2) is 4.98 Å². The van der Waals surface area contributed by atoms with E-state index in [0.717, 1.165) is 17.3 Å². The molecule has 0 aliphatic heterocycles. The van der Waals surface area contributed by atoms with Crippen molar-refractivity contribution in [2.75, 3.05) is 0 Å². The summed E-state index contributed by atoms with van der Waals surface area (Å²) in [6.07, 6.45) is 2.51. The van der Waals surface area contributed by atoms with Gasteiger partial charge in [-0.15, -0.1) is 0 Å². The lowest BCUT2D eigenvalue weighted by Crippen LogP contribution is -1.98. The van der Waals surface area contributed by atoms with E-state index in [-0.39, 0.29) is 0 Å². The monoisotopic (exact) mass is 222 g/mol. The number of rotatable bonds is 2. The minimum absolute atomic E-state index is 0.327. The highest BCUT2D eigenvalue weighted by Crippen LogP contribution is 2.24. The lowest BCUT2D eigenvalue weighted by atomic mass is 10.2. The summed E-state index contributed by atoms with van der Waals surface area (Å²) in [5.41, 5.74) is 2.24. The summed E-state index contributed by atoms with van der Waals surface area (Å²) >= 11 is 5.96. The van der Waals surface area contributed by atoms with E-state index in [4.69, 9.17) is 11.6 Å². The van der Waals surface area contributed by atoms with Crippen molar-refractivity contribution in [1.82, 2.24) is 9.55 Å². The summed E-state index contributed by atoms with van der Waals surface area (Å²) in [6.45, 7) is 4.14. The van der Waals surface area contributed by atoms with E-state index in [1.165, 1.54) is 0 Å². The van der Waals surface area contributed by atoms with Crippen LogP contribution in [0.1, 0.15) is 30.2 Å². The summed E-state index contributed by atoms with van der Waals surface area (Å²) in [6, 6.07) is 3.82. The van der Waals surface area contributed by atoms with Gasteiger partial charge in [0.1, 0.15) is 0 Å². The highest BCUT2D eigenvalue weighted by atomic mass is 35.5. The van der Waals surface area contributed by atoms with Crippen LogP contribution in [0.3, 0.4) is 0 Å². The van der Waals surface area contributed by atoms with Crippen LogP contribution in [0.2, 0.25) is 5.02 Å². The van der Waals surface area contributed by atoms with Crippen LogP contribution in [-0.2, 0) is 0 Å². The average Bonchev–Trinajstić information content (AvgIpc) is 2.59. The number of hydrogen-bond acceptors (Lipinski definition) is 2. The SMILES string of the molecule is CC(C)n1cnc2cc(C=O)c(Cl)cc21. The second-order valence-electron chi connectivity index (χ2n) is 3.73. The maximum absolute atomic E-state index is 10.7. The molecule has 2 aromatic rings. The number of aromatic nitrogens is 2. The van der Waals surface area contributed by atoms with Crippen molar-refractivity contribution in [1.29, 1.82) is 0 Å². The summed E-state index contributed by atoms with van der Waals surface area (Å²) in [5.74, 6) is 0. The molecule has 0 spiro atoms. The predicted octanol–water partition coefficient (Wildman–Crippen LogP) is 3.08. The van der Waals surface area contributed by atoms with Gasteiger partial charge in [-0.2, -0.15) is 0 Å². The number of fused-ring (bicyclic) bond motifs is 1. The van der Waals surface area contributed by atoms with E-state index in [1.807, 2.05) is 4.57 Å². The fraction of sp³-hybridized carbons (Fsp3) is 0.273. The first kappa shape index (κ1) is 10.2. The molecular weight excluding hydrogens is 212 g/mol. The molecule has 0 fully saturated rings. The quantitative estimate of drug-likeness (QED) is 0.732. The standard InChI is InChI=1S/C11H11ClN2O/c1-7(2)14-6-13-10-3-8(5-15)9(12)4-11(10)14/h3-7H,1-2H3. The summed E-state index contributed by atoms with van der Waals surface area (Å²) in [7, 11) is 0. The van der Waals surface area contributed by atoms with Gasteiger partial charge >= 0.3 is 0 Å². The van der Waals surface area contributed by atoms with Crippen molar-refractivity contribution in [3.8, 4) is 0 Å². The molecule has 15 heavy (non-hydrogen) atoms. The highest BCUT2D eigenvalue weighted by molar-refractivity contribution is 6.33. The van der Waals surface area contributed by atoms with E-state index in [1.54, 1.807) is 18.5 Å². The van der Waals surface area contributed by atoms with Gasteiger partial charge in [0.2, 0.25) is 0 Å². The van der Waals surface area contributed by atoms with Crippen LogP contribution in [-0.4, -0.2) is 15.8 Å². The Morgan fingerprint density at radius 2 is 2.20 bits per heavy atom. The largest absolute Gasteiger partial charge is 0.328 e. The van der Waals surface area contributed by atoms with Crippen LogP contribution in [0.25, 0.3) is 11.0 Å². The smallest absolute Gasteiger partial charge is 0.151 e. The van der Waals surface area contributed by atoms with Crippen molar-refractivity contribution in [2.24, 2.45) is 0 Å². The van der Waals surface area contributed by atoms with E-state index in [9.17, 15) is 4.79 Å². The zero-order valence-electron chi connectivity index (χ0n) is 8.57. The minimum Gasteiger partial charge on any atom is -0.328 e. The fourth-order valence-electron chi connectivity index (χ4n) is 1.57. The molecule has 1 aromatic heterocycles. The molecule has 0 atom stereocenters. The van der Waals surface area contributed by atoms with E-state index >= 15 is 0 Å². The van der Waals surface area contributed by atoms with E-state index in [2.05, 4.69) is 18.8 Å². The summed E-state index contributed by atoms with van der Waals surface area (Å²) < 4.78 is 2.02. The molecule has 0 bridgehead atoms. The lowest BCUT2D eigenvalue weighted by molar-refractivity contribution is 0.112. The maximum Gasteiger partial charge on any atom is 0.151 e. The van der Waals surface area contributed by atoms with E-state index in [0.29, 0.717) is 16.6 Å².